The SMILES string of the molecule is Oc1cccc(CC(CBr)Cc2cccc(Cl)c2)c1. The van der Waals surface area contributed by atoms with Crippen LogP contribution in [0.2, 0.25) is 5.02 Å². The van der Waals surface area contributed by atoms with Gasteiger partial charge in [-0.2, -0.15) is 0 Å². The summed E-state index contributed by atoms with van der Waals surface area (Å²) < 4.78 is 0. The first-order valence-corrected chi connectivity index (χ1v) is 7.75. The van der Waals surface area contributed by atoms with Crippen molar-refractivity contribution in [2.75, 3.05) is 5.33 Å². The number of halogens is 2. The molecule has 2 aromatic rings. The topological polar surface area (TPSA) is 20.2 Å². The monoisotopic (exact) mass is 338 g/mol. The molecule has 3 heteroatoms. The van der Waals surface area contributed by atoms with E-state index in [1.807, 2.05) is 36.4 Å². The fraction of sp³-hybridized carbons (Fsp3) is 0.250. The Labute approximate surface area is 127 Å². The van der Waals surface area contributed by atoms with Crippen LogP contribution in [-0.2, 0) is 12.8 Å². The first-order valence-electron chi connectivity index (χ1n) is 6.25. The number of rotatable bonds is 5. The minimum atomic E-state index is 0.327. The van der Waals surface area contributed by atoms with Crippen molar-refractivity contribution in [1.29, 1.82) is 0 Å². The molecule has 1 N–H and O–H groups in total. The highest BCUT2D eigenvalue weighted by molar-refractivity contribution is 9.09. The molecule has 0 aromatic heterocycles. The molecule has 2 rings (SSSR count). The predicted octanol–water partition coefficient (Wildman–Crippen LogP) is 4.84. The van der Waals surface area contributed by atoms with Crippen LogP contribution in [0.25, 0.3) is 0 Å². The van der Waals surface area contributed by atoms with Crippen LogP contribution in [0, 0.1) is 5.92 Å². The lowest BCUT2D eigenvalue weighted by Crippen LogP contribution is -2.09. The van der Waals surface area contributed by atoms with Crippen molar-refractivity contribution in [3.8, 4) is 5.75 Å². The lowest BCUT2D eigenvalue weighted by molar-refractivity contribution is 0.473. The molecule has 0 bridgehead atoms. The zero-order valence-corrected chi connectivity index (χ0v) is 12.9. The minimum Gasteiger partial charge on any atom is -0.508 e. The maximum Gasteiger partial charge on any atom is 0.115 e. The van der Waals surface area contributed by atoms with E-state index in [9.17, 15) is 5.11 Å². The number of aromatic hydroxyl groups is 1. The van der Waals surface area contributed by atoms with Gasteiger partial charge in [-0.05, 0) is 54.2 Å². The third-order valence-electron chi connectivity index (χ3n) is 3.07. The molecule has 0 saturated carbocycles. The van der Waals surface area contributed by atoms with E-state index in [0.29, 0.717) is 11.7 Å². The summed E-state index contributed by atoms with van der Waals surface area (Å²) in [5.41, 5.74) is 2.41. The number of alkyl halides is 1. The summed E-state index contributed by atoms with van der Waals surface area (Å²) in [5, 5.41) is 11.2. The number of hydrogen-bond acceptors (Lipinski definition) is 1. The van der Waals surface area contributed by atoms with Gasteiger partial charge < -0.3 is 5.11 Å². The zero-order valence-electron chi connectivity index (χ0n) is 10.5. The van der Waals surface area contributed by atoms with Crippen LogP contribution in [0.4, 0.5) is 0 Å². The standard InChI is InChI=1S/C16H16BrClO/c17-11-14(7-12-3-1-5-15(18)9-12)8-13-4-2-6-16(19)10-13/h1-6,9-10,14,19H,7-8,11H2. The molecule has 1 unspecified atom stereocenters. The van der Waals surface area contributed by atoms with E-state index in [1.54, 1.807) is 6.07 Å². The maximum atomic E-state index is 9.50. The Kier molecular flexibility index (Phi) is 5.29. The van der Waals surface area contributed by atoms with E-state index >= 15 is 0 Å². The molecule has 0 aliphatic carbocycles. The van der Waals surface area contributed by atoms with Crippen LogP contribution < -0.4 is 0 Å². The van der Waals surface area contributed by atoms with Crippen LogP contribution in [0.15, 0.2) is 48.5 Å². The highest BCUT2D eigenvalue weighted by atomic mass is 79.9. The van der Waals surface area contributed by atoms with Crippen LogP contribution in [0.5, 0.6) is 5.75 Å². The number of phenolic OH excluding ortho intramolecular Hbond substituents is 1. The largest absolute Gasteiger partial charge is 0.508 e. The van der Waals surface area contributed by atoms with Crippen LogP contribution >= 0.6 is 27.5 Å². The lowest BCUT2D eigenvalue weighted by atomic mass is 9.94. The summed E-state index contributed by atoms with van der Waals surface area (Å²) in [5.74, 6) is 0.814. The van der Waals surface area contributed by atoms with Gasteiger partial charge in [-0.25, -0.2) is 0 Å². The predicted molar refractivity (Wildman–Crippen MR) is 84.3 cm³/mol. The van der Waals surface area contributed by atoms with E-state index in [0.717, 1.165) is 28.8 Å². The van der Waals surface area contributed by atoms with Crippen LogP contribution in [-0.4, -0.2) is 10.4 Å². The van der Waals surface area contributed by atoms with Crippen molar-refractivity contribution >= 4 is 27.5 Å². The second-order valence-corrected chi connectivity index (χ2v) is 5.81. The molecule has 0 heterocycles. The summed E-state index contributed by atoms with van der Waals surface area (Å²) in [6.45, 7) is 0. The summed E-state index contributed by atoms with van der Waals surface area (Å²) in [7, 11) is 0. The molecule has 0 aliphatic rings. The molecule has 0 radical (unpaired) electrons. The Morgan fingerprint density at radius 1 is 1.00 bits per heavy atom. The van der Waals surface area contributed by atoms with Gasteiger partial charge in [-0.1, -0.05) is 51.8 Å². The highest BCUT2D eigenvalue weighted by Gasteiger charge is 2.10. The molecule has 0 saturated heterocycles. The van der Waals surface area contributed by atoms with Crippen molar-refractivity contribution in [1.82, 2.24) is 0 Å². The van der Waals surface area contributed by atoms with Gasteiger partial charge in [0.15, 0.2) is 0 Å². The number of benzene rings is 2. The first kappa shape index (κ1) is 14.4. The fourth-order valence-corrected chi connectivity index (χ4v) is 2.87. The van der Waals surface area contributed by atoms with E-state index in [-0.39, 0.29) is 0 Å². The van der Waals surface area contributed by atoms with Gasteiger partial charge in [0.05, 0.1) is 0 Å². The van der Waals surface area contributed by atoms with E-state index in [2.05, 4.69) is 22.0 Å². The summed E-state index contributed by atoms with van der Waals surface area (Å²) in [4.78, 5) is 0. The molecule has 1 atom stereocenters. The van der Waals surface area contributed by atoms with Crippen molar-refractivity contribution in [2.24, 2.45) is 5.92 Å². The van der Waals surface area contributed by atoms with E-state index < -0.39 is 0 Å². The van der Waals surface area contributed by atoms with Gasteiger partial charge in [0.25, 0.3) is 0 Å². The average molecular weight is 340 g/mol. The summed E-state index contributed by atoms with van der Waals surface area (Å²) in [6, 6.07) is 15.4. The molecule has 0 fully saturated rings. The molecule has 2 aromatic carbocycles. The Morgan fingerprint density at radius 2 is 1.63 bits per heavy atom. The van der Waals surface area contributed by atoms with Gasteiger partial charge in [0, 0.05) is 10.4 Å². The van der Waals surface area contributed by atoms with Gasteiger partial charge in [0.2, 0.25) is 0 Å². The molecule has 1 nitrogen and oxygen atoms in total. The molecule has 0 amide bonds. The first-order chi connectivity index (χ1) is 9.17. The van der Waals surface area contributed by atoms with E-state index in [4.69, 9.17) is 11.6 Å². The molecular formula is C16H16BrClO. The Hall–Kier alpha value is -0.990. The summed E-state index contributed by atoms with van der Waals surface area (Å²) in [6.07, 6.45) is 1.91. The normalized spacial score (nSPS) is 12.3. The number of hydrogen-bond donors (Lipinski definition) is 1. The van der Waals surface area contributed by atoms with Crippen molar-refractivity contribution < 1.29 is 5.11 Å². The summed E-state index contributed by atoms with van der Waals surface area (Å²) >= 11 is 9.58. The number of phenols is 1. The second-order valence-electron chi connectivity index (χ2n) is 4.73. The lowest BCUT2D eigenvalue weighted by Gasteiger charge is -2.14. The van der Waals surface area contributed by atoms with Gasteiger partial charge in [-0.3, -0.25) is 0 Å². The third kappa shape index (κ3) is 4.55. The van der Waals surface area contributed by atoms with E-state index in [1.165, 1.54) is 5.56 Å². The fourth-order valence-electron chi connectivity index (χ4n) is 2.20. The van der Waals surface area contributed by atoms with Crippen molar-refractivity contribution in [2.45, 2.75) is 12.8 Å². The minimum absolute atomic E-state index is 0.327. The van der Waals surface area contributed by atoms with Gasteiger partial charge in [0.1, 0.15) is 5.75 Å². The van der Waals surface area contributed by atoms with Gasteiger partial charge in [-0.15, -0.1) is 0 Å². The smallest absolute Gasteiger partial charge is 0.115 e. The maximum absolute atomic E-state index is 9.50. The van der Waals surface area contributed by atoms with Crippen molar-refractivity contribution in [3.05, 3.63) is 64.7 Å². The molecule has 0 spiro atoms. The third-order valence-corrected chi connectivity index (χ3v) is 4.22. The average Bonchev–Trinajstić information content (AvgIpc) is 2.38. The quantitative estimate of drug-likeness (QED) is 0.773. The molecule has 100 valence electrons. The van der Waals surface area contributed by atoms with Crippen LogP contribution in [0.3, 0.4) is 0 Å². The van der Waals surface area contributed by atoms with Crippen molar-refractivity contribution in [3.63, 3.8) is 0 Å². The Bertz CT molecular complexity index is 494. The Balaban J connectivity index is 2.04. The van der Waals surface area contributed by atoms with Gasteiger partial charge >= 0.3 is 0 Å². The Morgan fingerprint density at radius 3 is 2.21 bits per heavy atom. The highest BCUT2D eigenvalue weighted by Crippen LogP contribution is 2.21. The molecule has 19 heavy (non-hydrogen) atoms. The second kappa shape index (κ2) is 6.97. The molecule has 0 aliphatic heterocycles. The molecular weight excluding hydrogens is 324 g/mol. The van der Waals surface area contributed by atoms with Crippen LogP contribution in [0.1, 0.15) is 11.1 Å². The zero-order chi connectivity index (χ0) is 13.7.